The first-order valence-corrected chi connectivity index (χ1v) is 15.2. The molecule has 5 N–H and O–H groups in total. The van der Waals surface area contributed by atoms with Gasteiger partial charge in [-0.05, 0) is 44.9 Å². The topological polar surface area (TPSA) is 110 Å². The van der Waals surface area contributed by atoms with Gasteiger partial charge in [-0.1, -0.05) is 115 Å². The highest BCUT2D eigenvalue weighted by Gasteiger charge is 2.28. The molecule has 0 radical (unpaired) electrons. The van der Waals surface area contributed by atoms with Crippen LogP contribution in [0.25, 0.3) is 0 Å². The number of rotatable bonds is 26. The van der Waals surface area contributed by atoms with E-state index in [4.69, 9.17) is 0 Å². The zero-order valence-corrected chi connectivity index (χ0v) is 24.0. The maximum Gasteiger partial charge on any atom is 0.249 e. The van der Waals surface area contributed by atoms with E-state index in [0.717, 1.165) is 44.9 Å². The molecule has 4 atom stereocenters. The molecule has 0 aliphatic carbocycles. The number of aliphatic hydroxyl groups is 4. The molecular formula is C31H59NO5. The average molecular weight is 526 g/mol. The zero-order valence-electron chi connectivity index (χ0n) is 24.0. The first-order chi connectivity index (χ1) is 18.0. The second kappa shape index (κ2) is 26.4. The van der Waals surface area contributed by atoms with E-state index in [1.165, 1.54) is 57.8 Å². The minimum absolute atomic E-state index is 0.361. The Morgan fingerprint density at radius 2 is 1.14 bits per heavy atom. The van der Waals surface area contributed by atoms with Crippen molar-refractivity contribution in [3.05, 3.63) is 24.3 Å². The number of allylic oxidation sites excluding steroid dienone is 4. The van der Waals surface area contributed by atoms with Crippen molar-refractivity contribution >= 4 is 5.91 Å². The zero-order chi connectivity index (χ0) is 27.6. The number of nitrogens with one attached hydrogen (secondary N) is 1. The Bertz CT molecular complexity index is 566. The van der Waals surface area contributed by atoms with Crippen LogP contribution in [0.15, 0.2) is 24.3 Å². The number of amides is 1. The minimum Gasteiger partial charge on any atom is -0.394 e. The smallest absolute Gasteiger partial charge is 0.249 e. The maximum absolute atomic E-state index is 12.3. The lowest BCUT2D eigenvalue weighted by Crippen LogP contribution is -2.53. The molecule has 0 heterocycles. The summed E-state index contributed by atoms with van der Waals surface area (Å²) < 4.78 is 0. The first kappa shape index (κ1) is 35.8. The number of unbranched alkanes of at least 4 members (excludes halogenated alkanes) is 13. The van der Waals surface area contributed by atoms with Crippen LogP contribution in [0.4, 0.5) is 0 Å². The SMILES string of the molecule is CCCC/C=C/CC/C=C/CCCC(O)C(O)C(CO)NC(=O)C(O)CCCCCCCCCCCC. The van der Waals surface area contributed by atoms with Gasteiger partial charge in [0.2, 0.25) is 5.91 Å². The van der Waals surface area contributed by atoms with Crippen molar-refractivity contribution in [2.45, 2.75) is 160 Å². The van der Waals surface area contributed by atoms with Gasteiger partial charge >= 0.3 is 0 Å². The fourth-order valence-electron chi connectivity index (χ4n) is 4.34. The van der Waals surface area contributed by atoms with E-state index >= 15 is 0 Å². The fourth-order valence-corrected chi connectivity index (χ4v) is 4.34. The Morgan fingerprint density at radius 3 is 1.68 bits per heavy atom. The third-order valence-corrected chi connectivity index (χ3v) is 6.89. The second-order valence-electron chi connectivity index (χ2n) is 10.4. The van der Waals surface area contributed by atoms with Gasteiger partial charge in [0.05, 0.1) is 18.8 Å². The van der Waals surface area contributed by atoms with Crippen LogP contribution in [0.1, 0.15) is 136 Å². The number of hydrogen-bond acceptors (Lipinski definition) is 5. The van der Waals surface area contributed by atoms with E-state index in [1.807, 2.05) is 0 Å². The highest BCUT2D eigenvalue weighted by Crippen LogP contribution is 2.13. The molecule has 0 rings (SSSR count). The molecule has 0 aromatic carbocycles. The first-order valence-electron chi connectivity index (χ1n) is 15.2. The molecule has 0 aromatic rings. The van der Waals surface area contributed by atoms with Crippen molar-refractivity contribution in [1.29, 1.82) is 0 Å². The predicted octanol–water partition coefficient (Wildman–Crippen LogP) is 6.11. The van der Waals surface area contributed by atoms with Gasteiger partial charge in [0, 0.05) is 0 Å². The highest BCUT2D eigenvalue weighted by molar-refractivity contribution is 5.80. The Balaban J connectivity index is 4.00. The van der Waals surface area contributed by atoms with Crippen molar-refractivity contribution in [3.8, 4) is 0 Å². The normalized spacial score (nSPS) is 15.3. The van der Waals surface area contributed by atoms with Crippen LogP contribution in [-0.2, 0) is 4.79 Å². The lowest BCUT2D eigenvalue weighted by Gasteiger charge is -2.27. The van der Waals surface area contributed by atoms with Crippen LogP contribution in [0.3, 0.4) is 0 Å². The van der Waals surface area contributed by atoms with Crippen molar-refractivity contribution in [2.24, 2.45) is 0 Å². The lowest BCUT2D eigenvalue weighted by molar-refractivity contribution is -0.132. The summed E-state index contributed by atoms with van der Waals surface area (Å²) in [7, 11) is 0. The molecule has 0 aromatic heterocycles. The molecule has 0 spiro atoms. The van der Waals surface area contributed by atoms with Gasteiger partial charge in [-0.3, -0.25) is 4.79 Å². The van der Waals surface area contributed by atoms with Gasteiger partial charge in [-0.25, -0.2) is 0 Å². The number of hydrogen-bond donors (Lipinski definition) is 5. The quantitative estimate of drug-likeness (QED) is 0.0691. The van der Waals surface area contributed by atoms with Crippen LogP contribution in [0.2, 0.25) is 0 Å². The molecule has 6 heteroatoms. The van der Waals surface area contributed by atoms with Gasteiger partial charge in [0.25, 0.3) is 0 Å². The molecular weight excluding hydrogens is 466 g/mol. The molecule has 0 saturated carbocycles. The summed E-state index contributed by atoms with van der Waals surface area (Å²) in [6.45, 7) is 3.92. The Labute approximate surface area is 227 Å². The summed E-state index contributed by atoms with van der Waals surface area (Å²) in [6.07, 6.45) is 24.9. The molecule has 0 saturated heterocycles. The molecule has 0 aliphatic rings. The van der Waals surface area contributed by atoms with Gasteiger partial charge in [-0.15, -0.1) is 0 Å². The third kappa shape index (κ3) is 21.4. The molecule has 1 amide bonds. The van der Waals surface area contributed by atoms with Crippen LogP contribution in [0.5, 0.6) is 0 Å². The lowest BCUT2D eigenvalue weighted by atomic mass is 10.00. The number of aliphatic hydroxyl groups excluding tert-OH is 4. The van der Waals surface area contributed by atoms with Crippen molar-refractivity contribution in [3.63, 3.8) is 0 Å². The summed E-state index contributed by atoms with van der Waals surface area (Å²) in [5.74, 6) is -0.604. The van der Waals surface area contributed by atoms with Crippen LogP contribution < -0.4 is 5.32 Å². The van der Waals surface area contributed by atoms with E-state index in [0.29, 0.717) is 19.3 Å². The fraction of sp³-hybridized carbons (Fsp3) is 0.839. The molecule has 4 unspecified atom stereocenters. The molecule has 0 aliphatic heterocycles. The second-order valence-corrected chi connectivity index (χ2v) is 10.4. The van der Waals surface area contributed by atoms with Crippen LogP contribution in [0, 0.1) is 0 Å². The summed E-state index contributed by atoms with van der Waals surface area (Å²) in [5.41, 5.74) is 0. The van der Waals surface area contributed by atoms with E-state index in [-0.39, 0.29) is 0 Å². The average Bonchev–Trinajstić information content (AvgIpc) is 2.90. The number of carbonyl (C=O) groups excluding carboxylic acids is 1. The standard InChI is InChI=1S/C31H59NO5/c1-3-5-7-9-11-13-15-17-18-20-22-24-28(34)30(36)27(26-33)32-31(37)29(35)25-23-21-19-16-14-12-10-8-6-4-2/h9,11,17-18,27-30,33-36H,3-8,10,12-16,19-26H2,1-2H3,(H,32,37)/b11-9+,18-17+. The van der Waals surface area contributed by atoms with Gasteiger partial charge in [-0.2, -0.15) is 0 Å². The third-order valence-electron chi connectivity index (χ3n) is 6.89. The monoisotopic (exact) mass is 525 g/mol. The Hall–Kier alpha value is -1.21. The van der Waals surface area contributed by atoms with Crippen LogP contribution >= 0.6 is 0 Å². The van der Waals surface area contributed by atoms with Crippen molar-refractivity contribution < 1.29 is 25.2 Å². The minimum atomic E-state index is -1.28. The van der Waals surface area contributed by atoms with E-state index < -0.39 is 36.9 Å². The molecule has 218 valence electrons. The van der Waals surface area contributed by atoms with E-state index in [9.17, 15) is 25.2 Å². The summed E-state index contributed by atoms with van der Waals surface area (Å²) in [4.78, 5) is 12.3. The molecule has 6 nitrogen and oxygen atoms in total. The summed E-state index contributed by atoms with van der Waals surface area (Å²) in [5, 5.41) is 43.0. The van der Waals surface area contributed by atoms with E-state index in [2.05, 4.69) is 43.5 Å². The largest absolute Gasteiger partial charge is 0.394 e. The summed E-state index contributed by atoms with van der Waals surface area (Å²) >= 11 is 0. The number of carbonyl (C=O) groups is 1. The van der Waals surface area contributed by atoms with Gasteiger partial charge in [0.15, 0.2) is 0 Å². The Morgan fingerprint density at radius 1 is 0.649 bits per heavy atom. The van der Waals surface area contributed by atoms with Crippen molar-refractivity contribution in [1.82, 2.24) is 5.32 Å². The molecule has 37 heavy (non-hydrogen) atoms. The van der Waals surface area contributed by atoms with Gasteiger partial charge < -0.3 is 25.7 Å². The molecule has 0 bridgehead atoms. The Kier molecular flexibility index (Phi) is 25.5. The predicted molar refractivity (Wildman–Crippen MR) is 154 cm³/mol. The maximum atomic E-state index is 12.3. The van der Waals surface area contributed by atoms with Crippen molar-refractivity contribution in [2.75, 3.05) is 6.61 Å². The van der Waals surface area contributed by atoms with Crippen LogP contribution in [-0.4, -0.2) is 57.3 Å². The van der Waals surface area contributed by atoms with E-state index in [1.54, 1.807) is 0 Å². The van der Waals surface area contributed by atoms with Gasteiger partial charge in [0.1, 0.15) is 12.2 Å². The summed E-state index contributed by atoms with van der Waals surface area (Å²) in [6, 6.07) is -1.00. The highest BCUT2D eigenvalue weighted by atomic mass is 16.3. The molecule has 0 fully saturated rings.